The van der Waals surface area contributed by atoms with Crippen LogP contribution in [0.2, 0.25) is 0 Å². The van der Waals surface area contributed by atoms with E-state index >= 15 is 0 Å². The third-order valence-electron chi connectivity index (χ3n) is 2.86. The molecule has 1 unspecified atom stereocenters. The molecular formula is C12H11BrN4O. The van der Waals surface area contributed by atoms with Gasteiger partial charge in [0, 0.05) is 18.0 Å². The quantitative estimate of drug-likeness (QED) is 0.807. The number of hydrogen-bond acceptors (Lipinski definition) is 4. The van der Waals surface area contributed by atoms with E-state index in [0.717, 1.165) is 21.3 Å². The van der Waals surface area contributed by atoms with Gasteiger partial charge in [0.1, 0.15) is 5.76 Å². The van der Waals surface area contributed by atoms with Gasteiger partial charge in [0.25, 0.3) is 0 Å². The lowest BCUT2D eigenvalue weighted by atomic mass is 10.1. The molecule has 1 atom stereocenters. The molecule has 92 valence electrons. The van der Waals surface area contributed by atoms with Gasteiger partial charge < -0.3 is 9.73 Å². The van der Waals surface area contributed by atoms with Crippen molar-refractivity contribution in [3.8, 4) is 0 Å². The first kappa shape index (κ1) is 11.4. The molecule has 3 rings (SSSR count). The van der Waals surface area contributed by atoms with E-state index in [1.54, 1.807) is 23.2 Å². The van der Waals surface area contributed by atoms with Crippen molar-refractivity contribution in [2.45, 2.75) is 6.04 Å². The molecule has 0 fully saturated rings. The summed E-state index contributed by atoms with van der Waals surface area (Å²) in [5.41, 5.74) is 1.99. The molecule has 0 aliphatic heterocycles. The minimum Gasteiger partial charge on any atom is -0.466 e. The monoisotopic (exact) mass is 306 g/mol. The smallest absolute Gasteiger partial charge is 0.139 e. The van der Waals surface area contributed by atoms with Crippen LogP contribution in [-0.4, -0.2) is 21.6 Å². The number of fused-ring (bicyclic) bond motifs is 1. The number of aromatic nitrogens is 3. The van der Waals surface area contributed by atoms with Crippen molar-refractivity contribution in [3.63, 3.8) is 0 Å². The summed E-state index contributed by atoms with van der Waals surface area (Å²) >= 11 is 3.48. The van der Waals surface area contributed by atoms with Crippen molar-refractivity contribution in [2.75, 3.05) is 7.05 Å². The average molecular weight is 307 g/mol. The Morgan fingerprint density at radius 2 is 2.33 bits per heavy atom. The van der Waals surface area contributed by atoms with Crippen LogP contribution in [0.25, 0.3) is 5.52 Å². The molecule has 1 N–H and O–H groups in total. The highest BCUT2D eigenvalue weighted by molar-refractivity contribution is 9.10. The van der Waals surface area contributed by atoms with Gasteiger partial charge in [-0.1, -0.05) is 0 Å². The summed E-state index contributed by atoms with van der Waals surface area (Å²) < 4.78 is 8.25. The summed E-state index contributed by atoms with van der Waals surface area (Å²) in [4.78, 5) is 4.14. The minimum absolute atomic E-state index is 0.0592. The molecule has 3 aromatic rings. The van der Waals surface area contributed by atoms with Crippen LogP contribution in [0.3, 0.4) is 0 Å². The number of furan rings is 1. The Morgan fingerprint density at radius 3 is 3.06 bits per heavy atom. The van der Waals surface area contributed by atoms with Crippen LogP contribution in [-0.2, 0) is 0 Å². The Morgan fingerprint density at radius 1 is 1.44 bits per heavy atom. The maximum atomic E-state index is 5.52. The summed E-state index contributed by atoms with van der Waals surface area (Å²) in [7, 11) is 1.89. The zero-order valence-corrected chi connectivity index (χ0v) is 11.3. The highest BCUT2D eigenvalue weighted by Gasteiger charge is 2.21. The lowest BCUT2D eigenvalue weighted by Gasteiger charge is -2.13. The fraction of sp³-hybridized carbons (Fsp3) is 0.167. The largest absolute Gasteiger partial charge is 0.466 e. The molecule has 3 heterocycles. The van der Waals surface area contributed by atoms with Crippen molar-refractivity contribution in [1.29, 1.82) is 0 Å². The van der Waals surface area contributed by atoms with Crippen LogP contribution in [0.5, 0.6) is 0 Å². The van der Waals surface area contributed by atoms with Crippen molar-refractivity contribution < 1.29 is 4.42 Å². The van der Waals surface area contributed by atoms with E-state index < -0.39 is 0 Å². The summed E-state index contributed by atoms with van der Waals surface area (Å²) in [5, 5.41) is 7.54. The lowest BCUT2D eigenvalue weighted by molar-refractivity contribution is 0.462. The van der Waals surface area contributed by atoms with Crippen molar-refractivity contribution in [3.05, 3.63) is 52.9 Å². The van der Waals surface area contributed by atoms with Crippen LogP contribution >= 0.6 is 15.9 Å². The van der Waals surface area contributed by atoms with E-state index in [-0.39, 0.29) is 6.04 Å². The van der Waals surface area contributed by atoms with Crippen molar-refractivity contribution in [2.24, 2.45) is 0 Å². The van der Waals surface area contributed by atoms with E-state index in [2.05, 4.69) is 31.3 Å². The number of rotatable bonds is 3. The molecule has 18 heavy (non-hydrogen) atoms. The highest BCUT2D eigenvalue weighted by atomic mass is 79.9. The van der Waals surface area contributed by atoms with Crippen LogP contribution in [0, 0.1) is 0 Å². The molecule has 0 spiro atoms. The fourth-order valence-corrected chi connectivity index (χ4v) is 2.44. The maximum Gasteiger partial charge on any atom is 0.139 e. The zero-order chi connectivity index (χ0) is 12.5. The Balaban J connectivity index is 2.15. The molecule has 0 saturated heterocycles. The summed E-state index contributed by atoms with van der Waals surface area (Å²) in [6.07, 6.45) is 8.81. The van der Waals surface area contributed by atoms with Crippen LogP contribution in [0.4, 0.5) is 0 Å². The van der Waals surface area contributed by atoms with Crippen LogP contribution in [0.15, 0.2) is 46.0 Å². The Hall–Kier alpha value is -1.66. The molecule has 5 nitrogen and oxygen atoms in total. The summed E-state index contributed by atoms with van der Waals surface area (Å²) in [6, 6.07) is 1.82. The normalized spacial score (nSPS) is 13.0. The number of nitrogens with one attached hydrogen (secondary N) is 1. The summed E-state index contributed by atoms with van der Waals surface area (Å²) in [5.74, 6) is 0.830. The number of halogens is 1. The molecule has 0 amide bonds. The molecule has 0 aliphatic carbocycles. The van der Waals surface area contributed by atoms with Gasteiger partial charge in [0.15, 0.2) is 0 Å². The molecule has 0 bridgehead atoms. The first-order valence-electron chi connectivity index (χ1n) is 5.48. The Labute approximate surface area is 112 Å². The second-order valence-corrected chi connectivity index (χ2v) is 4.71. The maximum absolute atomic E-state index is 5.52. The second kappa shape index (κ2) is 4.55. The minimum atomic E-state index is -0.0592. The first-order valence-corrected chi connectivity index (χ1v) is 6.28. The first-order chi connectivity index (χ1) is 8.81. The molecule has 0 aliphatic rings. The third-order valence-corrected chi connectivity index (χ3v) is 3.52. The molecule has 0 aromatic carbocycles. The van der Waals surface area contributed by atoms with Gasteiger partial charge in [0.05, 0.1) is 34.7 Å². The van der Waals surface area contributed by atoms with Gasteiger partial charge >= 0.3 is 0 Å². The standard InChI is InChI=1S/C12H11BrN4O/c1-14-11(12-9(13)2-5-18-12)8-6-16-17-4-3-15-7-10(8)17/h2-7,11,14H,1H3. The molecular weight excluding hydrogens is 296 g/mol. The topological polar surface area (TPSA) is 55.4 Å². The van der Waals surface area contributed by atoms with E-state index in [0.29, 0.717) is 0 Å². The van der Waals surface area contributed by atoms with E-state index in [1.165, 1.54) is 0 Å². The molecule has 0 saturated carbocycles. The molecule has 6 heteroatoms. The predicted molar refractivity (Wildman–Crippen MR) is 70.3 cm³/mol. The fourth-order valence-electron chi connectivity index (χ4n) is 2.01. The number of hydrogen-bond donors (Lipinski definition) is 1. The SMILES string of the molecule is CNC(c1occc1Br)c1cnn2ccncc12. The molecule has 0 radical (unpaired) electrons. The van der Waals surface area contributed by atoms with Crippen LogP contribution in [0.1, 0.15) is 17.4 Å². The van der Waals surface area contributed by atoms with Gasteiger partial charge in [-0.2, -0.15) is 5.10 Å². The zero-order valence-electron chi connectivity index (χ0n) is 9.67. The average Bonchev–Trinajstić information content (AvgIpc) is 2.99. The lowest BCUT2D eigenvalue weighted by Crippen LogP contribution is -2.17. The molecule has 3 aromatic heterocycles. The van der Waals surface area contributed by atoms with E-state index in [1.807, 2.05) is 25.5 Å². The Bertz CT molecular complexity index is 675. The van der Waals surface area contributed by atoms with Crippen LogP contribution < -0.4 is 5.32 Å². The van der Waals surface area contributed by atoms with Crippen molar-refractivity contribution in [1.82, 2.24) is 19.9 Å². The Kier molecular flexibility index (Phi) is 2.89. The predicted octanol–water partition coefficient (Wildman–Crippen LogP) is 2.39. The van der Waals surface area contributed by atoms with E-state index in [4.69, 9.17) is 4.42 Å². The van der Waals surface area contributed by atoms with Gasteiger partial charge in [-0.25, -0.2) is 4.52 Å². The van der Waals surface area contributed by atoms with Gasteiger partial charge in [-0.15, -0.1) is 0 Å². The summed E-state index contributed by atoms with van der Waals surface area (Å²) in [6.45, 7) is 0. The van der Waals surface area contributed by atoms with Crippen molar-refractivity contribution >= 4 is 21.4 Å². The van der Waals surface area contributed by atoms with Gasteiger partial charge in [-0.3, -0.25) is 4.98 Å². The van der Waals surface area contributed by atoms with Gasteiger partial charge in [0.2, 0.25) is 0 Å². The highest BCUT2D eigenvalue weighted by Crippen LogP contribution is 2.31. The third kappa shape index (κ3) is 1.74. The van der Waals surface area contributed by atoms with Gasteiger partial charge in [-0.05, 0) is 29.0 Å². The van der Waals surface area contributed by atoms with E-state index in [9.17, 15) is 0 Å². The second-order valence-electron chi connectivity index (χ2n) is 3.86. The number of nitrogens with zero attached hydrogens (tertiary/aromatic N) is 3.